The molecule has 5 rings (SSSR count). The minimum Gasteiger partial charge on any atom is -0.485 e. The van der Waals surface area contributed by atoms with Crippen LogP contribution >= 0.6 is 0 Å². The second-order valence-electron chi connectivity index (χ2n) is 8.61. The highest BCUT2D eigenvalue weighted by Crippen LogP contribution is 2.38. The molecule has 3 aromatic rings. The van der Waals surface area contributed by atoms with Gasteiger partial charge in [0.1, 0.15) is 11.9 Å². The lowest BCUT2D eigenvalue weighted by atomic mass is 9.94. The Hall–Kier alpha value is -3.11. The summed E-state index contributed by atoms with van der Waals surface area (Å²) in [4.78, 5) is 13.1. The summed E-state index contributed by atoms with van der Waals surface area (Å²) in [6.45, 7) is 2.36. The summed E-state index contributed by atoms with van der Waals surface area (Å²) in [5.41, 5.74) is 7.84. The van der Waals surface area contributed by atoms with E-state index in [1.807, 2.05) is 0 Å². The first-order valence-corrected chi connectivity index (χ1v) is 11.0. The molecule has 0 aliphatic carbocycles. The van der Waals surface area contributed by atoms with E-state index in [4.69, 9.17) is 9.84 Å². The summed E-state index contributed by atoms with van der Waals surface area (Å²) in [5, 5.41) is 8.92. The highest BCUT2D eigenvalue weighted by molar-refractivity contribution is 5.66. The number of ether oxygens (including phenoxy) is 1. The van der Waals surface area contributed by atoms with Gasteiger partial charge in [0.15, 0.2) is 0 Å². The third kappa shape index (κ3) is 4.49. The summed E-state index contributed by atoms with van der Waals surface area (Å²) in [6.07, 6.45) is 3.08. The van der Waals surface area contributed by atoms with E-state index in [1.54, 1.807) is 0 Å². The van der Waals surface area contributed by atoms with E-state index in [2.05, 4.69) is 71.6 Å². The standard InChI is InChI=1S/C27H27NO3/c29-27(30)11-13-28-12-10-21-16-22(7-8-23(21)18-28)26-17-24-15-20(6-9-25(24)31-26)14-19-4-2-1-3-5-19/h1-9,15-16,26H,10-14,17-18H2,(H,29,30). The van der Waals surface area contributed by atoms with Crippen LogP contribution in [0.25, 0.3) is 0 Å². The molecular weight excluding hydrogens is 386 g/mol. The normalized spacial score (nSPS) is 17.6. The van der Waals surface area contributed by atoms with E-state index < -0.39 is 5.97 Å². The zero-order chi connectivity index (χ0) is 21.2. The summed E-state index contributed by atoms with van der Waals surface area (Å²) < 4.78 is 6.30. The molecule has 0 bridgehead atoms. The summed E-state index contributed by atoms with van der Waals surface area (Å²) in [7, 11) is 0. The van der Waals surface area contributed by atoms with Gasteiger partial charge in [-0.2, -0.15) is 0 Å². The molecule has 158 valence electrons. The fourth-order valence-electron chi connectivity index (χ4n) is 4.71. The number of aliphatic carboxylic acids is 1. The average Bonchev–Trinajstić information content (AvgIpc) is 3.21. The van der Waals surface area contributed by atoms with Crippen LogP contribution in [-0.2, 0) is 30.6 Å². The molecule has 0 saturated heterocycles. The van der Waals surface area contributed by atoms with Gasteiger partial charge in [0.25, 0.3) is 0 Å². The molecule has 4 nitrogen and oxygen atoms in total. The van der Waals surface area contributed by atoms with Gasteiger partial charge in [-0.1, -0.05) is 60.7 Å². The van der Waals surface area contributed by atoms with Crippen molar-refractivity contribution in [2.45, 2.75) is 38.3 Å². The van der Waals surface area contributed by atoms with Crippen LogP contribution in [-0.4, -0.2) is 29.1 Å². The minimum absolute atomic E-state index is 0.0670. The van der Waals surface area contributed by atoms with Crippen molar-refractivity contribution in [1.29, 1.82) is 0 Å². The quantitative estimate of drug-likeness (QED) is 0.631. The molecule has 0 aromatic heterocycles. The van der Waals surface area contributed by atoms with Crippen LogP contribution in [0, 0.1) is 0 Å². The third-order valence-electron chi connectivity index (χ3n) is 6.39. The Bertz CT molecular complexity index is 1090. The maximum Gasteiger partial charge on any atom is 0.304 e. The van der Waals surface area contributed by atoms with Gasteiger partial charge < -0.3 is 9.84 Å². The van der Waals surface area contributed by atoms with Crippen molar-refractivity contribution in [3.05, 3.63) is 100 Å². The Morgan fingerprint density at radius 1 is 0.968 bits per heavy atom. The van der Waals surface area contributed by atoms with Gasteiger partial charge in [-0.25, -0.2) is 0 Å². The van der Waals surface area contributed by atoms with Crippen LogP contribution in [0.1, 0.15) is 45.9 Å². The molecule has 2 heterocycles. The van der Waals surface area contributed by atoms with E-state index in [0.29, 0.717) is 6.54 Å². The SMILES string of the molecule is O=C(O)CCN1CCc2cc(C3Cc4cc(Cc5ccccc5)ccc4O3)ccc2C1. The summed E-state index contributed by atoms with van der Waals surface area (Å²) >= 11 is 0. The molecule has 0 fully saturated rings. The molecule has 3 aromatic carbocycles. The third-order valence-corrected chi connectivity index (χ3v) is 6.39. The van der Waals surface area contributed by atoms with Gasteiger partial charge in [-0.3, -0.25) is 9.69 Å². The predicted molar refractivity (Wildman–Crippen MR) is 120 cm³/mol. The average molecular weight is 414 g/mol. The molecule has 31 heavy (non-hydrogen) atoms. The Labute approximate surface area is 183 Å². The molecule has 0 spiro atoms. The summed E-state index contributed by atoms with van der Waals surface area (Å²) in [5.74, 6) is 0.269. The van der Waals surface area contributed by atoms with Crippen molar-refractivity contribution >= 4 is 5.97 Å². The highest BCUT2D eigenvalue weighted by atomic mass is 16.5. The Morgan fingerprint density at radius 3 is 2.68 bits per heavy atom. The fourth-order valence-corrected chi connectivity index (χ4v) is 4.71. The first-order valence-electron chi connectivity index (χ1n) is 11.0. The first-order chi connectivity index (χ1) is 15.1. The van der Waals surface area contributed by atoms with Crippen molar-refractivity contribution in [2.24, 2.45) is 0 Å². The maximum absolute atomic E-state index is 10.8. The van der Waals surface area contributed by atoms with Crippen molar-refractivity contribution < 1.29 is 14.6 Å². The van der Waals surface area contributed by atoms with Gasteiger partial charge in [0.05, 0.1) is 6.42 Å². The van der Waals surface area contributed by atoms with Gasteiger partial charge in [0.2, 0.25) is 0 Å². The minimum atomic E-state index is -0.731. The van der Waals surface area contributed by atoms with Gasteiger partial charge >= 0.3 is 5.97 Å². The number of carboxylic acid groups (broad SMARTS) is 1. The van der Waals surface area contributed by atoms with Crippen molar-refractivity contribution in [3.63, 3.8) is 0 Å². The number of benzene rings is 3. The molecular formula is C27H27NO3. The van der Waals surface area contributed by atoms with E-state index in [0.717, 1.165) is 38.1 Å². The van der Waals surface area contributed by atoms with Gasteiger partial charge in [0, 0.05) is 26.1 Å². The van der Waals surface area contributed by atoms with E-state index in [1.165, 1.54) is 33.4 Å². The Kier molecular flexibility index (Phi) is 5.47. The number of nitrogens with zero attached hydrogens (tertiary/aromatic N) is 1. The highest BCUT2D eigenvalue weighted by Gasteiger charge is 2.26. The molecule has 0 amide bonds. The topological polar surface area (TPSA) is 49.8 Å². The lowest BCUT2D eigenvalue weighted by Crippen LogP contribution is -2.32. The van der Waals surface area contributed by atoms with Crippen molar-refractivity contribution in [3.8, 4) is 5.75 Å². The number of carbonyl (C=O) groups is 1. The second-order valence-corrected chi connectivity index (χ2v) is 8.61. The monoisotopic (exact) mass is 413 g/mol. The zero-order valence-electron chi connectivity index (χ0n) is 17.6. The smallest absolute Gasteiger partial charge is 0.304 e. The zero-order valence-corrected chi connectivity index (χ0v) is 17.6. The molecule has 2 aliphatic rings. The predicted octanol–water partition coefficient (Wildman–Crippen LogP) is 4.79. The summed E-state index contributed by atoms with van der Waals surface area (Å²) in [6, 6.07) is 23.8. The number of rotatable bonds is 6. The largest absolute Gasteiger partial charge is 0.485 e. The number of hydrogen-bond acceptors (Lipinski definition) is 3. The van der Waals surface area contributed by atoms with Crippen LogP contribution in [0.2, 0.25) is 0 Å². The van der Waals surface area contributed by atoms with Crippen molar-refractivity contribution in [1.82, 2.24) is 4.90 Å². The second kappa shape index (κ2) is 8.56. The number of fused-ring (bicyclic) bond motifs is 2. The van der Waals surface area contributed by atoms with Crippen molar-refractivity contribution in [2.75, 3.05) is 13.1 Å². The van der Waals surface area contributed by atoms with E-state index in [9.17, 15) is 4.79 Å². The lowest BCUT2D eigenvalue weighted by Gasteiger charge is -2.29. The first kappa shape index (κ1) is 19.8. The lowest BCUT2D eigenvalue weighted by molar-refractivity contribution is -0.137. The van der Waals surface area contributed by atoms with E-state index >= 15 is 0 Å². The Morgan fingerprint density at radius 2 is 1.84 bits per heavy atom. The van der Waals surface area contributed by atoms with Crippen LogP contribution < -0.4 is 4.74 Å². The molecule has 0 radical (unpaired) electrons. The molecule has 1 atom stereocenters. The Balaban J connectivity index is 1.26. The molecule has 1 N–H and O–H groups in total. The number of hydrogen-bond donors (Lipinski definition) is 1. The fraction of sp³-hybridized carbons (Fsp3) is 0.296. The van der Waals surface area contributed by atoms with Crippen LogP contribution in [0.5, 0.6) is 5.75 Å². The van der Waals surface area contributed by atoms with Gasteiger partial charge in [-0.05, 0) is 52.3 Å². The number of carboxylic acids is 1. The molecule has 2 aliphatic heterocycles. The molecule has 1 unspecified atom stereocenters. The molecule has 0 saturated carbocycles. The van der Waals surface area contributed by atoms with Crippen LogP contribution in [0.4, 0.5) is 0 Å². The van der Waals surface area contributed by atoms with E-state index in [-0.39, 0.29) is 12.5 Å². The molecule has 4 heteroatoms. The van der Waals surface area contributed by atoms with Crippen LogP contribution in [0.15, 0.2) is 66.7 Å². The van der Waals surface area contributed by atoms with Crippen LogP contribution in [0.3, 0.4) is 0 Å². The maximum atomic E-state index is 10.8. The van der Waals surface area contributed by atoms with Gasteiger partial charge in [-0.15, -0.1) is 0 Å².